The van der Waals surface area contributed by atoms with E-state index in [4.69, 9.17) is 21.7 Å². The van der Waals surface area contributed by atoms with Crippen LogP contribution in [0.4, 0.5) is 14.5 Å². The van der Waals surface area contributed by atoms with Crippen molar-refractivity contribution in [3.8, 4) is 11.8 Å². The fraction of sp³-hybridized carbons (Fsp3) is 0.292. The number of aliphatic imine (C=N–C) groups is 1. The number of benzene rings is 2. The first-order valence-electron chi connectivity index (χ1n) is 10.7. The zero-order valence-corrected chi connectivity index (χ0v) is 19.6. The molecule has 2 aromatic rings. The Kier molecular flexibility index (Phi) is 8.49. The summed E-state index contributed by atoms with van der Waals surface area (Å²) in [5, 5.41) is 28.8. The number of hydrogen-bond donors (Lipinski definition) is 1. The number of hydrogen-bond acceptors (Lipinski definition) is 6. The van der Waals surface area contributed by atoms with Crippen LogP contribution in [0.3, 0.4) is 0 Å². The van der Waals surface area contributed by atoms with Gasteiger partial charge in [0.1, 0.15) is 29.3 Å². The maximum absolute atomic E-state index is 14.4. The lowest BCUT2D eigenvalue weighted by Crippen LogP contribution is -2.29. The molecule has 0 amide bonds. The van der Waals surface area contributed by atoms with Crippen molar-refractivity contribution in [3.05, 3.63) is 80.5 Å². The van der Waals surface area contributed by atoms with Crippen molar-refractivity contribution in [2.24, 2.45) is 4.99 Å². The monoisotopic (exact) mass is 501 g/mol. The summed E-state index contributed by atoms with van der Waals surface area (Å²) >= 11 is 5.72. The van der Waals surface area contributed by atoms with Crippen LogP contribution in [-0.4, -0.2) is 41.5 Å². The first-order chi connectivity index (χ1) is 16.8. The van der Waals surface area contributed by atoms with E-state index in [1.165, 1.54) is 30.3 Å². The van der Waals surface area contributed by atoms with Crippen molar-refractivity contribution in [3.63, 3.8) is 0 Å². The van der Waals surface area contributed by atoms with Crippen molar-refractivity contribution in [1.29, 1.82) is 10.7 Å². The summed E-state index contributed by atoms with van der Waals surface area (Å²) in [5.74, 6) is -1.47. The quantitative estimate of drug-likeness (QED) is 0.160. The predicted octanol–water partition coefficient (Wildman–Crippen LogP) is 5.52. The highest BCUT2D eigenvalue weighted by atomic mass is 35.5. The fourth-order valence-electron chi connectivity index (χ4n) is 3.97. The molecule has 1 aliphatic rings. The molecule has 0 aromatic heterocycles. The van der Waals surface area contributed by atoms with Crippen molar-refractivity contribution in [2.75, 3.05) is 20.2 Å². The average molecular weight is 502 g/mol. The van der Waals surface area contributed by atoms with Crippen LogP contribution in [0.2, 0.25) is 0 Å². The lowest BCUT2D eigenvalue weighted by molar-refractivity contribution is -0.384. The van der Waals surface area contributed by atoms with Gasteiger partial charge in [0, 0.05) is 37.2 Å². The largest absolute Gasteiger partial charge is 0.492 e. The lowest BCUT2D eigenvalue weighted by atomic mass is 9.95. The topological polar surface area (TPSA) is 116 Å². The van der Waals surface area contributed by atoms with E-state index in [2.05, 4.69) is 4.99 Å². The summed E-state index contributed by atoms with van der Waals surface area (Å²) < 4.78 is 33.3. The Hall–Kier alpha value is -3.84. The maximum Gasteiger partial charge on any atom is 0.273 e. The Labute approximate surface area is 205 Å². The third kappa shape index (κ3) is 6.00. The number of amidine groups is 1. The second-order valence-electron chi connectivity index (χ2n) is 7.87. The number of nitrogens with zero attached hydrogens (tertiary/aromatic N) is 4. The van der Waals surface area contributed by atoms with Crippen LogP contribution < -0.4 is 4.74 Å². The Bertz CT molecular complexity index is 1240. The molecular formula is C24H22ClF2N5O3. The Morgan fingerprint density at radius 2 is 2.17 bits per heavy atom. The van der Waals surface area contributed by atoms with Gasteiger partial charge in [-0.05, 0) is 37.0 Å². The third-order valence-corrected chi connectivity index (χ3v) is 5.81. The van der Waals surface area contributed by atoms with Crippen molar-refractivity contribution in [1.82, 2.24) is 4.90 Å². The Morgan fingerprint density at radius 3 is 2.83 bits per heavy atom. The van der Waals surface area contributed by atoms with E-state index >= 15 is 0 Å². The fourth-order valence-corrected chi connectivity index (χ4v) is 4.08. The summed E-state index contributed by atoms with van der Waals surface area (Å²) in [7, 11) is 1.72. The van der Waals surface area contributed by atoms with Crippen molar-refractivity contribution >= 4 is 28.8 Å². The summed E-state index contributed by atoms with van der Waals surface area (Å²) in [6, 6.07) is 9.12. The van der Waals surface area contributed by atoms with Crippen LogP contribution in [0.15, 0.2) is 52.7 Å². The first kappa shape index (κ1) is 25.8. The number of rotatable bonds is 9. The predicted molar refractivity (Wildman–Crippen MR) is 128 cm³/mol. The molecule has 0 saturated heterocycles. The van der Waals surface area contributed by atoms with Crippen LogP contribution in [0.5, 0.6) is 5.75 Å². The minimum absolute atomic E-state index is 0.126. The second-order valence-corrected chi connectivity index (χ2v) is 8.06. The third-order valence-electron chi connectivity index (χ3n) is 5.71. The van der Waals surface area contributed by atoms with Gasteiger partial charge in [0.15, 0.2) is 0 Å². The Balaban J connectivity index is 1.67. The number of nitrogens with one attached hydrogen (secondary N) is 1. The number of nitro benzene ring substituents is 1. The molecule has 11 heteroatoms. The number of non-ortho nitro benzene ring substituents is 1. The highest BCUT2D eigenvalue weighted by Crippen LogP contribution is 2.42. The van der Waals surface area contributed by atoms with Crippen LogP contribution >= 0.6 is 11.6 Å². The average Bonchev–Trinajstić information content (AvgIpc) is 3.24. The van der Waals surface area contributed by atoms with E-state index in [0.717, 1.165) is 11.7 Å². The minimum atomic E-state index is -0.673. The molecule has 0 bridgehead atoms. The van der Waals surface area contributed by atoms with E-state index in [9.17, 15) is 24.2 Å². The van der Waals surface area contributed by atoms with Gasteiger partial charge >= 0.3 is 0 Å². The van der Waals surface area contributed by atoms with E-state index in [0.29, 0.717) is 42.6 Å². The number of ether oxygens (including phenoxy) is 1. The number of nitro groups is 1. The summed E-state index contributed by atoms with van der Waals surface area (Å²) in [5.41, 5.74) is 2.47. The molecule has 0 spiro atoms. The SMILES string of the molecule is CN(CCCOc1cc([N+](=O)[O-])ccc1C#N)C(=N)C1=C(N=CCl)C(c2ccc(F)cc2F)CC1. The minimum Gasteiger partial charge on any atom is -0.492 e. The zero-order chi connectivity index (χ0) is 25.5. The summed E-state index contributed by atoms with van der Waals surface area (Å²) in [6.45, 7) is 0.579. The molecule has 0 saturated carbocycles. The number of likely N-dealkylation sites (N-methyl/N-ethyl adjacent to an activating group) is 1. The number of allylic oxidation sites excluding steroid dienone is 1. The van der Waals surface area contributed by atoms with Gasteiger partial charge in [-0.3, -0.25) is 15.5 Å². The van der Waals surface area contributed by atoms with Crippen LogP contribution in [0.1, 0.15) is 36.3 Å². The standard InChI is InChI=1S/C24H22ClF2N5O3/c1-31(9-2-10-35-22-12-17(32(33)34)5-3-15(22)13-28)24(29)20-8-7-19(23(20)30-14-25)18-6-4-16(26)11-21(18)27/h3-6,11-12,14,19,29H,2,7-10H2,1H3. The smallest absolute Gasteiger partial charge is 0.273 e. The number of nitriles is 1. The first-order valence-corrected chi connectivity index (χ1v) is 11.1. The van der Waals surface area contributed by atoms with E-state index in [-0.39, 0.29) is 29.4 Å². The normalized spacial score (nSPS) is 15.3. The zero-order valence-electron chi connectivity index (χ0n) is 18.8. The van der Waals surface area contributed by atoms with Crippen LogP contribution in [0, 0.1) is 38.5 Å². The molecule has 8 nitrogen and oxygen atoms in total. The Morgan fingerprint density at radius 1 is 1.40 bits per heavy atom. The molecule has 182 valence electrons. The van der Waals surface area contributed by atoms with Crippen molar-refractivity contribution in [2.45, 2.75) is 25.2 Å². The van der Waals surface area contributed by atoms with E-state index in [1.807, 2.05) is 6.07 Å². The molecule has 0 heterocycles. The summed E-state index contributed by atoms with van der Waals surface area (Å²) in [6.07, 6.45) is 1.44. The van der Waals surface area contributed by atoms with Gasteiger partial charge in [-0.25, -0.2) is 13.8 Å². The van der Waals surface area contributed by atoms with E-state index < -0.39 is 22.5 Å². The molecule has 35 heavy (non-hydrogen) atoms. The van der Waals surface area contributed by atoms with Crippen molar-refractivity contribution < 1.29 is 18.4 Å². The molecule has 0 aliphatic heterocycles. The molecule has 0 fully saturated rings. The molecule has 1 aliphatic carbocycles. The van der Waals surface area contributed by atoms with Crippen LogP contribution in [-0.2, 0) is 0 Å². The molecule has 0 radical (unpaired) electrons. The van der Waals surface area contributed by atoms with Gasteiger partial charge in [0.05, 0.1) is 34.5 Å². The van der Waals surface area contributed by atoms with Gasteiger partial charge in [0.25, 0.3) is 5.69 Å². The van der Waals surface area contributed by atoms with Gasteiger partial charge in [-0.15, -0.1) is 0 Å². The highest BCUT2D eigenvalue weighted by Gasteiger charge is 2.31. The van der Waals surface area contributed by atoms with Crippen LogP contribution in [0.25, 0.3) is 0 Å². The van der Waals surface area contributed by atoms with E-state index in [1.54, 1.807) is 11.9 Å². The highest BCUT2D eigenvalue weighted by molar-refractivity contribution is 6.56. The second kappa shape index (κ2) is 11.5. The van der Waals surface area contributed by atoms with Gasteiger partial charge in [0.2, 0.25) is 0 Å². The van der Waals surface area contributed by atoms with Gasteiger partial charge in [-0.2, -0.15) is 5.26 Å². The maximum atomic E-state index is 14.4. The lowest BCUT2D eigenvalue weighted by Gasteiger charge is -2.21. The molecular weight excluding hydrogens is 480 g/mol. The van der Waals surface area contributed by atoms with Gasteiger partial charge < -0.3 is 9.64 Å². The molecule has 1 N–H and O–H groups in total. The molecule has 1 unspecified atom stereocenters. The molecule has 2 aromatic carbocycles. The summed E-state index contributed by atoms with van der Waals surface area (Å²) in [4.78, 5) is 16.3. The molecule has 1 atom stereocenters. The number of halogens is 3. The van der Waals surface area contributed by atoms with Gasteiger partial charge in [-0.1, -0.05) is 17.7 Å². The molecule has 3 rings (SSSR count).